The Bertz CT molecular complexity index is 375. The summed E-state index contributed by atoms with van der Waals surface area (Å²) in [6.07, 6.45) is 0. The summed E-state index contributed by atoms with van der Waals surface area (Å²) >= 11 is 1.99. The lowest BCUT2D eigenvalue weighted by Crippen LogP contribution is -2.36. The Balaban J connectivity index is 1.71. The molecule has 0 saturated carbocycles. The monoisotopic (exact) mass is 256 g/mol. The van der Waals surface area contributed by atoms with E-state index in [9.17, 15) is 4.79 Å². The van der Waals surface area contributed by atoms with Gasteiger partial charge in [-0.1, -0.05) is 0 Å². The summed E-state index contributed by atoms with van der Waals surface area (Å²) < 4.78 is 5.10. The number of carbonyl (C=O) groups is 1. The number of hydrogen-bond acceptors (Lipinski definition) is 5. The molecule has 6 heteroatoms. The number of carboxylic acid groups (broad SMARTS) is 1. The van der Waals surface area contributed by atoms with Crippen molar-refractivity contribution in [1.82, 2.24) is 4.90 Å². The highest BCUT2D eigenvalue weighted by molar-refractivity contribution is 7.99. The van der Waals surface area contributed by atoms with Crippen LogP contribution in [-0.4, -0.2) is 53.7 Å². The maximum atomic E-state index is 10.6. The number of furan rings is 1. The van der Waals surface area contributed by atoms with E-state index in [0.29, 0.717) is 5.88 Å². The predicted molar refractivity (Wildman–Crippen MR) is 67.9 cm³/mol. The van der Waals surface area contributed by atoms with E-state index in [1.807, 2.05) is 11.8 Å². The zero-order valence-electron chi connectivity index (χ0n) is 9.52. The molecule has 1 aliphatic rings. The molecule has 2 rings (SSSR count). The van der Waals surface area contributed by atoms with Crippen LogP contribution in [0.5, 0.6) is 0 Å². The average Bonchev–Trinajstić information content (AvgIpc) is 2.79. The van der Waals surface area contributed by atoms with Crippen molar-refractivity contribution in [1.29, 1.82) is 0 Å². The lowest BCUT2D eigenvalue weighted by molar-refractivity contribution is 0.0663. The van der Waals surface area contributed by atoms with Crippen LogP contribution in [0.15, 0.2) is 16.5 Å². The van der Waals surface area contributed by atoms with Gasteiger partial charge in [-0.2, -0.15) is 11.8 Å². The van der Waals surface area contributed by atoms with Crippen molar-refractivity contribution in [2.45, 2.75) is 0 Å². The smallest absolute Gasteiger partial charge is 0.371 e. The van der Waals surface area contributed by atoms with Crippen LogP contribution in [0.1, 0.15) is 10.6 Å². The summed E-state index contributed by atoms with van der Waals surface area (Å²) in [5.41, 5.74) is 0. The third kappa shape index (κ3) is 3.67. The number of nitrogens with zero attached hydrogens (tertiary/aromatic N) is 1. The van der Waals surface area contributed by atoms with Crippen molar-refractivity contribution in [2.75, 3.05) is 43.0 Å². The number of carboxylic acids is 1. The van der Waals surface area contributed by atoms with Crippen LogP contribution in [0.25, 0.3) is 0 Å². The Kier molecular flexibility index (Phi) is 4.33. The second kappa shape index (κ2) is 5.97. The summed E-state index contributed by atoms with van der Waals surface area (Å²) in [6, 6.07) is 3.11. The quantitative estimate of drug-likeness (QED) is 0.831. The normalized spacial score (nSPS) is 16.9. The van der Waals surface area contributed by atoms with Gasteiger partial charge < -0.3 is 14.8 Å². The van der Waals surface area contributed by atoms with Gasteiger partial charge in [0.15, 0.2) is 5.88 Å². The molecule has 17 heavy (non-hydrogen) atoms. The fraction of sp³-hybridized carbons (Fsp3) is 0.545. The molecular weight excluding hydrogens is 240 g/mol. The Morgan fingerprint density at radius 2 is 2.24 bits per heavy atom. The lowest BCUT2D eigenvalue weighted by atomic mass is 10.4. The molecule has 1 saturated heterocycles. The van der Waals surface area contributed by atoms with Crippen molar-refractivity contribution >= 4 is 23.6 Å². The Morgan fingerprint density at radius 1 is 1.47 bits per heavy atom. The van der Waals surface area contributed by atoms with Crippen molar-refractivity contribution < 1.29 is 14.3 Å². The summed E-state index contributed by atoms with van der Waals surface area (Å²) in [7, 11) is 0. The Labute approximate surface area is 104 Å². The first-order valence-electron chi connectivity index (χ1n) is 5.63. The first kappa shape index (κ1) is 12.3. The van der Waals surface area contributed by atoms with E-state index in [-0.39, 0.29) is 5.76 Å². The summed E-state index contributed by atoms with van der Waals surface area (Å²) in [5.74, 6) is 1.86. The molecule has 94 valence electrons. The zero-order chi connectivity index (χ0) is 12.1. The second-order valence-electron chi connectivity index (χ2n) is 3.85. The highest BCUT2D eigenvalue weighted by Gasteiger charge is 2.11. The molecule has 2 heterocycles. The van der Waals surface area contributed by atoms with Gasteiger partial charge >= 0.3 is 5.97 Å². The van der Waals surface area contributed by atoms with Gasteiger partial charge in [-0.25, -0.2) is 4.79 Å². The van der Waals surface area contributed by atoms with Crippen LogP contribution in [0, 0.1) is 0 Å². The summed E-state index contributed by atoms with van der Waals surface area (Å²) in [4.78, 5) is 13.0. The van der Waals surface area contributed by atoms with Crippen LogP contribution in [-0.2, 0) is 0 Å². The fourth-order valence-corrected chi connectivity index (χ4v) is 2.69. The SMILES string of the molecule is O=C(O)c1ccc(NCCN2CCSCC2)o1. The molecule has 5 nitrogen and oxygen atoms in total. The highest BCUT2D eigenvalue weighted by atomic mass is 32.2. The molecule has 2 N–H and O–H groups in total. The molecule has 0 radical (unpaired) electrons. The maximum Gasteiger partial charge on any atom is 0.371 e. The largest absolute Gasteiger partial charge is 0.475 e. The number of hydrogen-bond donors (Lipinski definition) is 2. The van der Waals surface area contributed by atoms with Gasteiger partial charge in [0.05, 0.1) is 0 Å². The van der Waals surface area contributed by atoms with Gasteiger partial charge in [0, 0.05) is 43.8 Å². The van der Waals surface area contributed by atoms with E-state index >= 15 is 0 Å². The molecule has 0 amide bonds. The molecule has 0 bridgehead atoms. The molecule has 0 unspecified atom stereocenters. The minimum atomic E-state index is -1.04. The van der Waals surface area contributed by atoms with E-state index < -0.39 is 5.97 Å². The van der Waals surface area contributed by atoms with Gasteiger partial charge in [-0.3, -0.25) is 4.90 Å². The van der Waals surface area contributed by atoms with Crippen molar-refractivity contribution in [3.05, 3.63) is 17.9 Å². The molecule has 0 aliphatic carbocycles. The van der Waals surface area contributed by atoms with Crippen LogP contribution in [0.3, 0.4) is 0 Å². The van der Waals surface area contributed by atoms with Crippen molar-refractivity contribution in [3.63, 3.8) is 0 Å². The van der Waals surface area contributed by atoms with Crippen LogP contribution >= 0.6 is 11.8 Å². The molecular formula is C11H16N2O3S. The number of nitrogens with one attached hydrogen (secondary N) is 1. The molecule has 0 atom stereocenters. The maximum absolute atomic E-state index is 10.6. The third-order valence-electron chi connectivity index (χ3n) is 2.65. The summed E-state index contributed by atoms with van der Waals surface area (Å²) in [5, 5.41) is 11.8. The molecule has 0 spiro atoms. The van der Waals surface area contributed by atoms with E-state index in [1.165, 1.54) is 17.6 Å². The highest BCUT2D eigenvalue weighted by Crippen LogP contribution is 2.13. The van der Waals surface area contributed by atoms with Gasteiger partial charge in [0.2, 0.25) is 5.76 Å². The third-order valence-corrected chi connectivity index (χ3v) is 3.59. The van der Waals surface area contributed by atoms with Crippen molar-refractivity contribution in [2.24, 2.45) is 0 Å². The molecule has 1 fully saturated rings. The topological polar surface area (TPSA) is 65.7 Å². The van der Waals surface area contributed by atoms with Gasteiger partial charge in [0.25, 0.3) is 0 Å². The average molecular weight is 256 g/mol. The van der Waals surface area contributed by atoms with E-state index in [1.54, 1.807) is 6.07 Å². The van der Waals surface area contributed by atoms with Crippen LogP contribution in [0.4, 0.5) is 5.88 Å². The first-order chi connectivity index (χ1) is 8.25. The van der Waals surface area contributed by atoms with E-state index in [0.717, 1.165) is 26.2 Å². The number of aromatic carboxylic acids is 1. The number of anilines is 1. The summed E-state index contributed by atoms with van der Waals surface area (Å²) in [6.45, 7) is 4.00. The minimum absolute atomic E-state index is 0.0260. The zero-order valence-corrected chi connectivity index (χ0v) is 10.3. The van der Waals surface area contributed by atoms with Gasteiger partial charge in [-0.15, -0.1) is 0 Å². The van der Waals surface area contributed by atoms with Crippen LogP contribution in [0.2, 0.25) is 0 Å². The lowest BCUT2D eigenvalue weighted by Gasteiger charge is -2.25. The minimum Gasteiger partial charge on any atom is -0.475 e. The predicted octanol–water partition coefficient (Wildman–Crippen LogP) is 1.44. The second-order valence-corrected chi connectivity index (χ2v) is 5.07. The van der Waals surface area contributed by atoms with E-state index in [2.05, 4.69) is 10.2 Å². The standard InChI is InChI=1S/C11H16N2O3S/c14-11(15)9-1-2-10(16-9)12-3-4-13-5-7-17-8-6-13/h1-2,12H,3-8H2,(H,14,15). The number of rotatable bonds is 5. The Hall–Kier alpha value is -1.14. The van der Waals surface area contributed by atoms with E-state index in [4.69, 9.17) is 9.52 Å². The fourth-order valence-electron chi connectivity index (χ4n) is 1.71. The van der Waals surface area contributed by atoms with Gasteiger partial charge in [0.1, 0.15) is 0 Å². The molecule has 1 aromatic heterocycles. The van der Waals surface area contributed by atoms with Crippen molar-refractivity contribution in [3.8, 4) is 0 Å². The number of thioether (sulfide) groups is 1. The first-order valence-corrected chi connectivity index (χ1v) is 6.78. The molecule has 1 aliphatic heterocycles. The molecule has 0 aromatic carbocycles. The van der Waals surface area contributed by atoms with Gasteiger partial charge in [-0.05, 0) is 6.07 Å². The molecule has 1 aromatic rings. The van der Waals surface area contributed by atoms with Crippen LogP contribution < -0.4 is 5.32 Å². The Morgan fingerprint density at radius 3 is 2.88 bits per heavy atom.